The van der Waals surface area contributed by atoms with Gasteiger partial charge in [-0.1, -0.05) is 46.3 Å². The molecule has 0 amide bonds. The lowest BCUT2D eigenvalue weighted by molar-refractivity contribution is 0.0695. The van der Waals surface area contributed by atoms with E-state index in [4.69, 9.17) is 10.2 Å². The molecule has 0 bridgehead atoms. The van der Waals surface area contributed by atoms with Gasteiger partial charge in [0.25, 0.3) is 0 Å². The molecule has 24 heavy (non-hydrogen) atoms. The van der Waals surface area contributed by atoms with Crippen molar-refractivity contribution in [1.29, 1.82) is 0 Å². The van der Waals surface area contributed by atoms with Gasteiger partial charge in [-0.15, -0.1) is 0 Å². The van der Waals surface area contributed by atoms with E-state index < -0.39 is 11.9 Å². The second-order valence-electron chi connectivity index (χ2n) is 5.02. The van der Waals surface area contributed by atoms with E-state index in [1.165, 1.54) is 19.1 Å². The van der Waals surface area contributed by atoms with Crippen LogP contribution >= 0.6 is 15.9 Å². The van der Waals surface area contributed by atoms with Crippen molar-refractivity contribution in [2.75, 3.05) is 0 Å². The summed E-state index contributed by atoms with van der Waals surface area (Å²) in [7, 11) is 0. The topological polar surface area (TPSA) is 91.7 Å². The maximum Gasteiger partial charge on any atom is 0.336 e. The zero-order valence-electron chi connectivity index (χ0n) is 12.6. The molecule has 0 aromatic heterocycles. The van der Waals surface area contributed by atoms with Crippen LogP contribution in [0.15, 0.2) is 46.9 Å². The van der Waals surface area contributed by atoms with Crippen molar-refractivity contribution in [3.8, 4) is 0 Å². The van der Waals surface area contributed by atoms with Crippen molar-refractivity contribution >= 4 is 39.7 Å². The van der Waals surface area contributed by atoms with E-state index in [0.717, 1.165) is 11.1 Å². The van der Waals surface area contributed by atoms with Crippen molar-refractivity contribution in [3.63, 3.8) is 0 Å². The quantitative estimate of drug-likeness (QED) is 0.809. The molecule has 0 saturated carbocycles. The van der Waals surface area contributed by atoms with Gasteiger partial charge in [0.2, 0.25) is 0 Å². The Balaban J connectivity index is 0.000000182. The summed E-state index contributed by atoms with van der Waals surface area (Å²) in [5, 5.41) is 17.6. The van der Waals surface area contributed by atoms with E-state index >= 15 is 0 Å². The molecule has 0 aliphatic heterocycles. The number of rotatable bonds is 2. The Bertz CT molecular complexity index is 832. The van der Waals surface area contributed by atoms with Crippen LogP contribution in [0.2, 0.25) is 0 Å². The molecule has 122 valence electrons. The lowest BCUT2D eigenvalue weighted by Gasteiger charge is -2.05. The fraction of sp³-hybridized carbons (Fsp3) is 0.0556. The molecule has 0 heterocycles. The zero-order valence-corrected chi connectivity index (χ0v) is 14.2. The third kappa shape index (κ3) is 3.78. The number of carbonyl (C=O) groups excluding carboxylic acids is 1. The first-order valence-corrected chi connectivity index (χ1v) is 7.68. The number of halogens is 1. The van der Waals surface area contributed by atoms with Gasteiger partial charge in [0.15, 0.2) is 5.78 Å². The molecule has 0 atom stereocenters. The molecule has 0 fully saturated rings. The standard InChI is InChI=1S/C9H7BrO4.C9H6O/c1-4-6(8(11)12)2-5(10)3-7(4)9(13)14;10-9-6-5-7-3-1-2-4-8(7)9/h2-3H,1H3,(H,11,12)(H,13,14);1-6H. The molecule has 0 unspecified atom stereocenters. The summed E-state index contributed by atoms with van der Waals surface area (Å²) in [5.41, 5.74) is 2.11. The van der Waals surface area contributed by atoms with Gasteiger partial charge in [-0.2, -0.15) is 0 Å². The van der Waals surface area contributed by atoms with Crippen LogP contribution in [0.4, 0.5) is 0 Å². The molecule has 2 aromatic rings. The first-order valence-electron chi connectivity index (χ1n) is 6.89. The third-order valence-electron chi connectivity index (χ3n) is 3.47. The number of carboxylic acids is 2. The van der Waals surface area contributed by atoms with Crippen LogP contribution in [0.25, 0.3) is 6.08 Å². The normalized spacial score (nSPS) is 11.5. The molecule has 2 N–H and O–H groups in total. The third-order valence-corrected chi connectivity index (χ3v) is 3.93. The molecule has 1 aliphatic rings. The molecule has 1 aliphatic carbocycles. The van der Waals surface area contributed by atoms with E-state index in [2.05, 4.69) is 15.9 Å². The van der Waals surface area contributed by atoms with Crippen molar-refractivity contribution in [3.05, 3.63) is 74.8 Å². The maximum absolute atomic E-state index is 11.0. The lowest BCUT2D eigenvalue weighted by atomic mass is 10.0. The Kier molecular flexibility index (Phi) is 5.31. The maximum atomic E-state index is 11.0. The van der Waals surface area contributed by atoms with Crippen LogP contribution in [0.3, 0.4) is 0 Å². The first kappa shape index (κ1) is 17.6. The number of hydrogen-bond acceptors (Lipinski definition) is 3. The summed E-state index contributed by atoms with van der Waals surface area (Å²) in [6.07, 6.45) is 3.45. The van der Waals surface area contributed by atoms with Crippen molar-refractivity contribution in [2.24, 2.45) is 0 Å². The highest BCUT2D eigenvalue weighted by Gasteiger charge is 2.16. The predicted octanol–water partition coefficient (Wildman–Crippen LogP) is 4.05. The van der Waals surface area contributed by atoms with Gasteiger partial charge in [-0.25, -0.2) is 9.59 Å². The molecule has 0 saturated heterocycles. The minimum atomic E-state index is -1.13. The SMILES string of the molecule is Cc1c(C(=O)O)cc(Br)cc1C(=O)O.O=C1C=Cc2ccccc21. The Labute approximate surface area is 146 Å². The summed E-state index contributed by atoms with van der Waals surface area (Å²) in [6.45, 7) is 1.47. The Hall–Kier alpha value is -2.73. The largest absolute Gasteiger partial charge is 0.478 e. The summed E-state index contributed by atoms with van der Waals surface area (Å²) in [4.78, 5) is 32.4. The minimum absolute atomic E-state index is 0.00299. The van der Waals surface area contributed by atoms with Gasteiger partial charge < -0.3 is 10.2 Å². The fourth-order valence-electron chi connectivity index (χ4n) is 2.25. The molecular formula is C18H13BrO5. The van der Waals surface area contributed by atoms with Crippen LogP contribution in [0.5, 0.6) is 0 Å². The highest BCUT2D eigenvalue weighted by Crippen LogP contribution is 2.21. The van der Waals surface area contributed by atoms with E-state index in [1.54, 1.807) is 6.08 Å². The van der Waals surface area contributed by atoms with Crippen LogP contribution < -0.4 is 0 Å². The number of hydrogen-bond donors (Lipinski definition) is 2. The summed E-state index contributed by atoms with van der Waals surface area (Å²) in [5.74, 6) is -2.15. The zero-order chi connectivity index (χ0) is 17.9. The average molecular weight is 389 g/mol. The van der Waals surface area contributed by atoms with E-state index in [1.807, 2.05) is 30.3 Å². The van der Waals surface area contributed by atoms with Crippen molar-refractivity contribution in [2.45, 2.75) is 6.92 Å². The van der Waals surface area contributed by atoms with Gasteiger partial charge in [0, 0.05) is 10.0 Å². The summed E-state index contributed by atoms with van der Waals surface area (Å²) < 4.78 is 0.443. The summed E-state index contributed by atoms with van der Waals surface area (Å²) >= 11 is 3.06. The number of aromatic carboxylic acids is 2. The van der Waals surface area contributed by atoms with E-state index in [-0.39, 0.29) is 22.5 Å². The number of carboxylic acid groups (broad SMARTS) is 2. The summed E-state index contributed by atoms with van der Waals surface area (Å²) in [6, 6.07) is 10.4. The highest BCUT2D eigenvalue weighted by molar-refractivity contribution is 9.10. The average Bonchev–Trinajstić information content (AvgIpc) is 2.91. The predicted molar refractivity (Wildman–Crippen MR) is 92.6 cm³/mol. The lowest BCUT2D eigenvalue weighted by Crippen LogP contribution is -2.07. The Morgan fingerprint density at radius 2 is 1.50 bits per heavy atom. The Morgan fingerprint density at radius 1 is 0.958 bits per heavy atom. The second-order valence-corrected chi connectivity index (χ2v) is 5.94. The number of fused-ring (bicyclic) bond motifs is 1. The number of ketones is 1. The molecule has 2 aromatic carbocycles. The molecule has 6 heteroatoms. The molecule has 0 spiro atoms. The first-order chi connectivity index (χ1) is 11.3. The van der Waals surface area contributed by atoms with Gasteiger partial charge in [-0.05, 0) is 36.3 Å². The van der Waals surface area contributed by atoms with Gasteiger partial charge in [0.1, 0.15) is 0 Å². The van der Waals surface area contributed by atoms with E-state index in [0.29, 0.717) is 4.47 Å². The molecular weight excluding hydrogens is 376 g/mol. The highest BCUT2D eigenvalue weighted by atomic mass is 79.9. The monoisotopic (exact) mass is 388 g/mol. The van der Waals surface area contributed by atoms with Crippen LogP contribution in [-0.2, 0) is 0 Å². The number of carbonyl (C=O) groups is 3. The smallest absolute Gasteiger partial charge is 0.336 e. The van der Waals surface area contributed by atoms with Crippen molar-refractivity contribution in [1.82, 2.24) is 0 Å². The molecule has 3 rings (SSSR count). The second kappa shape index (κ2) is 7.23. The number of allylic oxidation sites excluding steroid dienone is 1. The minimum Gasteiger partial charge on any atom is -0.478 e. The van der Waals surface area contributed by atoms with E-state index in [9.17, 15) is 14.4 Å². The van der Waals surface area contributed by atoms with Crippen molar-refractivity contribution < 1.29 is 24.6 Å². The van der Waals surface area contributed by atoms with Crippen LogP contribution in [-0.4, -0.2) is 27.9 Å². The molecule has 5 nitrogen and oxygen atoms in total. The fourth-order valence-corrected chi connectivity index (χ4v) is 2.70. The molecule has 0 radical (unpaired) electrons. The van der Waals surface area contributed by atoms with Gasteiger partial charge in [-0.3, -0.25) is 4.79 Å². The number of benzene rings is 2. The van der Waals surface area contributed by atoms with Gasteiger partial charge in [0.05, 0.1) is 11.1 Å². The van der Waals surface area contributed by atoms with Crippen LogP contribution in [0, 0.1) is 6.92 Å². The Morgan fingerprint density at radius 3 is 2.00 bits per heavy atom. The van der Waals surface area contributed by atoms with Gasteiger partial charge >= 0.3 is 11.9 Å². The van der Waals surface area contributed by atoms with Crippen LogP contribution in [0.1, 0.15) is 42.2 Å².